The number of ether oxygens (including phenoxy) is 2. The number of carbonyl (C=O) groups excluding carboxylic acids is 4. The van der Waals surface area contributed by atoms with Crippen molar-refractivity contribution < 1.29 is 52.3 Å². The Hall–Kier alpha value is -3.71. The maximum Gasteiger partial charge on any atom is 0.361 e. The van der Waals surface area contributed by atoms with Crippen LogP contribution in [0.5, 0.6) is 5.75 Å². The van der Waals surface area contributed by atoms with Gasteiger partial charge in [0.25, 0.3) is 5.91 Å². The average molecular weight is 654 g/mol. The van der Waals surface area contributed by atoms with E-state index in [1.807, 2.05) is 6.92 Å². The topological polar surface area (TPSA) is 194 Å². The monoisotopic (exact) mass is 653 g/mol. The van der Waals surface area contributed by atoms with E-state index in [0.29, 0.717) is 23.5 Å². The molecule has 3 atom stereocenters. The molecule has 0 radical (unpaired) electrons. The van der Waals surface area contributed by atoms with Crippen LogP contribution < -0.4 is 20.7 Å². The number of nitrogens with zero attached hydrogens (tertiary/aromatic N) is 1. The van der Waals surface area contributed by atoms with E-state index in [4.69, 9.17) is 18.4 Å². The molecule has 45 heavy (non-hydrogen) atoms. The van der Waals surface area contributed by atoms with E-state index >= 15 is 0 Å². The molecule has 1 aromatic carbocycles. The molecule has 1 unspecified atom stereocenters. The molecule has 0 aliphatic rings. The summed E-state index contributed by atoms with van der Waals surface area (Å²) in [6, 6.07) is 6.38. The summed E-state index contributed by atoms with van der Waals surface area (Å²) in [7, 11) is -4.46. The first-order chi connectivity index (χ1) is 21.4. The first-order valence-corrected chi connectivity index (χ1v) is 16.5. The Balaban J connectivity index is 2.14. The molecule has 2 rings (SSSR count). The molecule has 2 aromatic rings. The Morgan fingerprint density at radius 2 is 1.82 bits per heavy atom. The zero-order chi connectivity index (χ0) is 33.6. The third-order valence-corrected chi connectivity index (χ3v) is 8.21. The Morgan fingerprint density at radius 3 is 2.44 bits per heavy atom. The molecule has 0 saturated carbocycles. The largest absolute Gasteiger partial charge is 0.494 e. The first kappa shape index (κ1) is 37.5. The third kappa shape index (κ3) is 11.3. The molecule has 250 valence electrons. The fourth-order valence-electron chi connectivity index (χ4n) is 4.43. The number of hydrogen-bond acceptors (Lipinski definition) is 10. The van der Waals surface area contributed by atoms with Crippen LogP contribution >= 0.6 is 7.60 Å². The van der Waals surface area contributed by atoms with Crippen molar-refractivity contribution in [2.75, 3.05) is 20.1 Å². The maximum atomic E-state index is 13.0. The first-order valence-electron chi connectivity index (χ1n) is 14.9. The minimum Gasteiger partial charge on any atom is -0.494 e. The van der Waals surface area contributed by atoms with Gasteiger partial charge in [0.1, 0.15) is 11.5 Å². The number of hydroxylamine groups is 2. The molecule has 0 saturated heterocycles. The van der Waals surface area contributed by atoms with E-state index in [0.717, 1.165) is 19.3 Å². The summed E-state index contributed by atoms with van der Waals surface area (Å²) < 4.78 is 34.0. The molecule has 4 N–H and O–H groups in total. The molecule has 3 amide bonds. The zero-order valence-electron chi connectivity index (χ0n) is 26.3. The SMILES string of the molecule is CCCCC[C@@H](C(=O)NCNC(=O)c1ccc(-c2cc(OCC)cc(P(=O)(O)OCOC(=O)C(C)C)c2)o1)[C@@H](CC)N(O)C=O. The van der Waals surface area contributed by atoms with Gasteiger partial charge in [-0.15, -0.1) is 0 Å². The zero-order valence-corrected chi connectivity index (χ0v) is 27.2. The van der Waals surface area contributed by atoms with Gasteiger partial charge in [0.15, 0.2) is 5.76 Å². The highest BCUT2D eigenvalue weighted by Gasteiger charge is 2.31. The van der Waals surface area contributed by atoms with Crippen LogP contribution in [0.2, 0.25) is 0 Å². The number of hydrogen-bond donors (Lipinski definition) is 4. The normalized spacial score (nSPS) is 13.8. The van der Waals surface area contributed by atoms with Gasteiger partial charge in [-0.3, -0.25) is 33.5 Å². The lowest BCUT2D eigenvalue weighted by molar-refractivity contribution is -0.168. The number of carbonyl (C=O) groups is 4. The average Bonchev–Trinajstić information content (AvgIpc) is 3.51. The van der Waals surface area contributed by atoms with Gasteiger partial charge in [0.2, 0.25) is 19.1 Å². The van der Waals surface area contributed by atoms with Gasteiger partial charge in [-0.25, -0.2) is 5.06 Å². The summed E-state index contributed by atoms with van der Waals surface area (Å²) in [5.74, 6) is -2.45. The summed E-state index contributed by atoms with van der Waals surface area (Å²) in [5.41, 5.74) is 0.310. The van der Waals surface area contributed by atoms with Crippen molar-refractivity contribution in [2.45, 2.75) is 72.8 Å². The summed E-state index contributed by atoms with van der Waals surface area (Å²) >= 11 is 0. The van der Waals surface area contributed by atoms with Crippen LogP contribution in [0.1, 0.15) is 77.3 Å². The van der Waals surface area contributed by atoms with E-state index in [1.54, 1.807) is 33.8 Å². The highest BCUT2D eigenvalue weighted by atomic mass is 31.2. The van der Waals surface area contributed by atoms with Gasteiger partial charge >= 0.3 is 13.6 Å². The van der Waals surface area contributed by atoms with E-state index in [1.165, 1.54) is 24.3 Å². The van der Waals surface area contributed by atoms with Crippen molar-refractivity contribution in [3.8, 4) is 17.1 Å². The van der Waals surface area contributed by atoms with Crippen molar-refractivity contribution in [1.82, 2.24) is 15.7 Å². The minimum absolute atomic E-state index is 0.0972. The van der Waals surface area contributed by atoms with Crippen molar-refractivity contribution in [3.63, 3.8) is 0 Å². The van der Waals surface area contributed by atoms with Crippen molar-refractivity contribution in [3.05, 3.63) is 36.1 Å². The molecule has 0 fully saturated rings. The number of unbranched alkanes of at least 4 members (excludes halogenated alkanes) is 2. The summed E-state index contributed by atoms with van der Waals surface area (Å²) in [6.07, 6.45) is 3.63. The maximum absolute atomic E-state index is 13.0. The Morgan fingerprint density at radius 1 is 1.09 bits per heavy atom. The summed E-state index contributed by atoms with van der Waals surface area (Å²) in [5, 5.41) is 15.5. The van der Waals surface area contributed by atoms with Crippen LogP contribution in [-0.2, 0) is 28.2 Å². The highest BCUT2D eigenvalue weighted by molar-refractivity contribution is 7.61. The molecular formula is C30H44N3O11P. The number of rotatable bonds is 20. The highest BCUT2D eigenvalue weighted by Crippen LogP contribution is 2.43. The van der Waals surface area contributed by atoms with Crippen LogP contribution in [0, 0.1) is 11.8 Å². The van der Waals surface area contributed by atoms with Gasteiger partial charge in [0.05, 0.1) is 36.5 Å². The lowest BCUT2D eigenvalue weighted by Crippen LogP contribution is -2.47. The second-order valence-corrected chi connectivity index (χ2v) is 12.3. The van der Waals surface area contributed by atoms with Crippen LogP contribution in [0.25, 0.3) is 11.3 Å². The quantitative estimate of drug-likeness (QED) is 0.0307. The fraction of sp³-hybridized carbons (Fsp3) is 0.533. The molecular weight excluding hydrogens is 609 g/mol. The van der Waals surface area contributed by atoms with Gasteiger partial charge in [-0.2, -0.15) is 0 Å². The Bertz CT molecular complexity index is 1330. The molecule has 14 nitrogen and oxygen atoms in total. The molecule has 15 heteroatoms. The third-order valence-electron chi connectivity index (χ3n) is 6.84. The number of amides is 3. The second kappa shape index (κ2) is 18.3. The lowest BCUT2D eigenvalue weighted by atomic mass is 9.90. The standard InChI is InChI=1S/C30H44N3O11P/c1-6-9-10-11-24(25(7-2)33(38)18-34)28(35)31-17-32-29(36)27-13-12-26(44-27)21-14-22(41-8-3)16-23(15-21)45(39,40)43-19-42-30(37)20(4)5/h12-16,18,20,24-25,38H,6-11,17,19H2,1-5H3,(H,31,35)(H,32,36)(H,39,40)/t24-,25-/m1/s1. The van der Waals surface area contributed by atoms with E-state index in [9.17, 15) is 33.8 Å². The summed E-state index contributed by atoms with van der Waals surface area (Å²) in [4.78, 5) is 59.1. The summed E-state index contributed by atoms with van der Waals surface area (Å²) in [6.45, 7) is 8.04. The molecule has 0 bridgehead atoms. The molecule has 0 spiro atoms. The minimum atomic E-state index is -4.46. The molecule has 0 aliphatic carbocycles. The van der Waals surface area contributed by atoms with Crippen molar-refractivity contribution >= 4 is 37.1 Å². The van der Waals surface area contributed by atoms with Crippen LogP contribution in [0.15, 0.2) is 34.7 Å². The second-order valence-electron chi connectivity index (χ2n) is 10.5. The van der Waals surface area contributed by atoms with Gasteiger partial charge in [-0.1, -0.05) is 47.0 Å². The molecule has 1 heterocycles. The van der Waals surface area contributed by atoms with Gasteiger partial charge in [-0.05, 0) is 50.1 Å². The van der Waals surface area contributed by atoms with E-state index < -0.39 is 50.1 Å². The smallest absolute Gasteiger partial charge is 0.361 e. The molecule has 0 aliphatic heterocycles. The van der Waals surface area contributed by atoms with Gasteiger partial charge in [0, 0.05) is 5.56 Å². The number of benzene rings is 1. The molecule has 1 aromatic heterocycles. The van der Waals surface area contributed by atoms with Crippen LogP contribution in [0.3, 0.4) is 0 Å². The fourth-order valence-corrected chi connectivity index (χ4v) is 5.36. The number of esters is 1. The van der Waals surface area contributed by atoms with Gasteiger partial charge < -0.3 is 29.4 Å². The Labute approximate surface area is 262 Å². The van der Waals surface area contributed by atoms with E-state index in [-0.39, 0.29) is 42.3 Å². The van der Waals surface area contributed by atoms with Crippen LogP contribution in [-0.4, -0.2) is 65.5 Å². The predicted molar refractivity (Wildman–Crippen MR) is 164 cm³/mol. The van der Waals surface area contributed by atoms with E-state index in [2.05, 4.69) is 10.6 Å². The van der Waals surface area contributed by atoms with Crippen LogP contribution in [0.4, 0.5) is 0 Å². The number of nitrogens with one attached hydrogen (secondary N) is 2. The van der Waals surface area contributed by atoms with Crippen molar-refractivity contribution in [1.29, 1.82) is 0 Å². The number of furan rings is 1. The Kier molecular flexibility index (Phi) is 15.2. The lowest BCUT2D eigenvalue weighted by Gasteiger charge is -2.29. The van der Waals surface area contributed by atoms with Crippen molar-refractivity contribution in [2.24, 2.45) is 11.8 Å². The predicted octanol–water partition coefficient (Wildman–Crippen LogP) is 3.96.